The Morgan fingerprint density at radius 1 is 0.969 bits per heavy atom. The van der Waals surface area contributed by atoms with Crippen LogP contribution >= 0.6 is 11.3 Å². The highest BCUT2D eigenvalue weighted by Crippen LogP contribution is 2.16. The van der Waals surface area contributed by atoms with Crippen molar-refractivity contribution in [3.8, 4) is 5.75 Å². The fourth-order valence-corrected chi connectivity index (χ4v) is 3.64. The monoisotopic (exact) mass is 449 g/mol. The lowest BCUT2D eigenvalue weighted by atomic mass is 10.1. The van der Waals surface area contributed by atoms with Gasteiger partial charge >= 0.3 is 0 Å². The van der Waals surface area contributed by atoms with Gasteiger partial charge in [-0.15, -0.1) is 11.3 Å². The lowest BCUT2D eigenvalue weighted by Gasteiger charge is -2.11. The fourth-order valence-electron chi connectivity index (χ4n) is 2.91. The van der Waals surface area contributed by atoms with Crippen molar-refractivity contribution in [1.29, 1.82) is 0 Å². The van der Waals surface area contributed by atoms with Gasteiger partial charge in [0.1, 0.15) is 11.6 Å². The molecule has 0 aliphatic rings. The van der Waals surface area contributed by atoms with Gasteiger partial charge in [-0.2, -0.15) is 0 Å². The van der Waals surface area contributed by atoms with Gasteiger partial charge in [-0.05, 0) is 34.7 Å². The molecule has 3 aromatic rings. The molecule has 5 nitrogen and oxygen atoms in total. The molecule has 0 saturated heterocycles. The number of amidine groups is 1. The second-order valence-corrected chi connectivity index (χ2v) is 7.59. The quantitative estimate of drug-likeness (QED) is 0.362. The van der Waals surface area contributed by atoms with Gasteiger partial charge in [-0.25, -0.2) is 0 Å². The third-order valence-corrected chi connectivity index (χ3v) is 5.43. The van der Waals surface area contributed by atoms with Crippen molar-refractivity contribution in [3.05, 3.63) is 88.1 Å². The Hall–Kier alpha value is -3.25. The van der Waals surface area contributed by atoms with E-state index in [4.69, 9.17) is 9.73 Å². The molecule has 0 fully saturated rings. The second kappa shape index (κ2) is 13.9. The zero-order valence-corrected chi connectivity index (χ0v) is 20.0. The van der Waals surface area contributed by atoms with Crippen molar-refractivity contribution in [3.63, 3.8) is 0 Å². The summed E-state index contributed by atoms with van der Waals surface area (Å²) in [6.07, 6.45) is 0.783. The van der Waals surface area contributed by atoms with Gasteiger partial charge in [0.05, 0.1) is 25.8 Å². The predicted octanol–water partition coefficient (Wildman–Crippen LogP) is 5.55. The Labute approximate surface area is 194 Å². The summed E-state index contributed by atoms with van der Waals surface area (Å²) < 4.78 is 5.21. The fraction of sp³-hybridized carbons (Fsp3) is 0.269. The molecule has 0 atom stereocenters. The number of methoxy groups -OCH3 is 1. The van der Waals surface area contributed by atoms with Crippen molar-refractivity contribution in [2.75, 3.05) is 14.2 Å². The number of rotatable bonds is 8. The number of aliphatic imine (C=N–C) groups is 2. The van der Waals surface area contributed by atoms with Gasteiger partial charge in [0.2, 0.25) is 5.91 Å². The van der Waals surface area contributed by atoms with E-state index >= 15 is 0 Å². The first-order valence-corrected chi connectivity index (χ1v) is 11.6. The lowest BCUT2D eigenvalue weighted by Crippen LogP contribution is -2.33. The topological polar surface area (TPSA) is 63.1 Å². The Balaban J connectivity index is 0.00000176. The van der Waals surface area contributed by atoms with E-state index in [1.54, 1.807) is 25.5 Å². The van der Waals surface area contributed by atoms with E-state index in [9.17, 15) is 4.79 Å². The van der Waals surface area contributed by atoms with Gasteiger partial charge < -0.3 is 10.1 Å². The summed E-state index contributed by atoms with van der Waals surface area (Å²) >= 11 is 1.63. The van der Waals surface area contributed by atoms with Crippen LogP contribution in [-0.2, 0) is 17.8 Å². The van der Waals surface area contributed by atoms with E-state index in [1.807, 2.05) is 86.0 Å². The number of hydrogen-bond donors (Lipinski definition) is 1. The molecule has 0 radical (unpaired) electrons. The van der Waals surface area contributed by atoms with Crippen LogP contribution in [-0.4, -0.2) is 31.6 Å². The normalized spacial score (nSPS) is 11.4. The number of ether oxygens (including phenoxy) is 1. The molecule has 0 bridgehead atoms. The lowest BCUT2D eigenvalue weighted by molar-refractivity contribution is -0.119. The van der Waals surface area contributed by atoms with Crippen LogP contribution in [0.2, 0.25) is 0 Å². The SMILES string of the molecule is CC.CN=C(CC(=NCc1ccc(OC)cc1)c1cccs1)NC(=O)Cc1ccccc1. The van der Waals surface area contributed by atoms with Crippen LogP contribution in [0, 0.1) is 0 Å². The zero-order chi connectivity index (χ0) is 23.2. The smallest absolute Gasteiger partial charge is 0.229 e. The largest absolute Gasteiger partial charge is 0.497 e. The molecule has 3 rings (SSSR count). The minimum Gasteiger partial charge on any atom is -0.497 e. The van der Waals surface area contributed by atoms with Crippen LogP contribution in [0.15, 0.2) is 82.1 Å². The molecule has 0 aliphatic carbocycles. The molecule has 0 spiro atoms. The number of amides is 1. The molecule has 168 valence electrons. The summed E-state index contributed by atoms with van der Waals surface area (Å²) in [7, 11) is 3.34. The Kier molecular flexibility index (Phi) is 10.9. The molecular weight excluding hydrogens is 418 g/mol. The second-order valence-electron chi connectivity index (χ2n) is 6.65. The first-order valence-electron chi connectivity index (χ1n) is 10.7. The van der Waals surface area contributed by atoms with E-state index in [-0.39, 0.29) is 5.91 Å². The van der Waals surface area contributed by atoms with E-state index in [2.05, 4.69) is 10.3 Å². The molecule has 1 amide bonds. The Morgan fingerprint density at radius 3 is 2.28 bits per heavy atom. The average molecular weight is 450 g/mol. The van der Waals surface area contributed by atoms with Crippen LogP contribution in [0.25, 0.3) is 0 Å². The van der Waals surface area contributed by atoms with Gasteiger partial charge in [0.15, 0.2) is 0 Å². The molecular formula is C26H31N3O2S. The number of carbonyl (C=O) groups excluding carboxylic acids is 1. The molecule has 0 unspecified atom stereocenters. The standard InChI is InChI=1S/C24H25N3O2S.C2H6/c1-25-23(27-24(28)15-18-7-4-3-5-8-18)16-21(22-9-6-14-30-22)26-17-19-10-12-20(29-2)13-11-19;1-2/h3-14H,15-17H2,1-2H3,(H,25,27,28);1-2H3. The number of thiophene rings is 1. The van der Waals surface area contributed by atoms with Crippen molar-refractivity contribution in [2.45, 2.75) is 33.2 Å². The van der Waals surface area contributed by atoms with Crippen molar-refractivity contribution in [2.24, 2.45) is 9.98 Å². The van der Waals surface area contributed by atoms with Gasteiger partial charge in [-0.1, -0.05) is 62.4 Å². The molecule has 32 heavy (non-hydrogen) atoms. The summed E-state index contributed by atoms with van der Waals surface area (Å²) in [6, 6.07) is 21.6. The highest BCUT2D eigenvalue weighted by atomic mass is 32.1. The summed E-state index contributed by atoms with van der Waals surface area (Å²) in [4.78, 5) is 22.6. The van der Waals surface area contributed by atoms with E-state index in [0.29, 0.717) is 25.2 Å². The summed E-state index contributed by atoms with van der Waals surface area (Å²) in [6.45, 7) is 4.55. The van der Waals surface area contributed by atoms with Crippen LogP contribution in [0.4, 0.5) is 0 Å². The Bertz CT molecular complexity index is 995. The molecule has 0 aliphatic heterocycles. The number of carbonyl (C=O) groups is 1. The molecule has 2 aromatic carbocycles. The molecule has 1 N–H and O–H groups in total. The number of nitrogens with zero attached hydrogens (tertiary/aromatic N) is 2. The maximum absolute atomic E-state index is 12.4. The zero-order valence-electron chi connectivity index (χ0n) is 19.2. The van der Waals surface area contributed by atoms with Gasteiger partial charge in [-0.3, -0.25) is 14.8 Å². The Morgan fingerprint density at radius 2 is 1.69 bits per heavy atom. The van der Waals surface area contributed by atoms with Crippen LogP contribution in [0.3, 0.4) is 0 Å². The maximum Gasteiger partial charge on any atom is 0.229 e. The maximum atomic E-state index is 12.4. The minimum absolute atomic E-state index is 0.0810. The first-order chi connectivity index (χ1) is 15.7. The summed E-state index contributed by atoms with van der Waals surface area (Å²) in [5.41, 5.74) is 2.96. The summed E-state index contributed by atoms with van der Waals surface area (Å²) in [5.74, 6) is 1.35. The minimum atomic E-state index is -0.0810. The molecule has 1 aromatic heterocycles. The average Bonchev–Trinajstić information content (AvgIpc) is 3.38. The third kappa shape index (κ3) is 8.12. The van der Waals surface area contributed by atoms with E-state index < -0.39 is 0 Å². The molecule has 1 heterocycles. The van der Waals surface area contributed by atoms with Crippen molar-refractivity contribution < 1.29 is 9.53 Å². The third-order valence-electron chi connectivity index (χ3n) is 4.51. The highest BCUT2D eigenvalue weighted by Gasteiger charge is 2.12. The van der Waals surface area contributed by atoms with Gasteiger partial charge in [0.25, 0.3) is 0 Å². The van der Waals surface area contributed by atoms with E-state index in [1.165, 1.54) is 0 Å². The summed E-state index contributed by atoms with van der Waals surface area (Å²) in [5, 5.41) is 4.96. The molecule has 0 saturated carbocycles. The van der Waals surface area contributed by atoms with Crippen LogP contribution in [0.1, 0.15) is 36.3 Å². The van der Waals surface area contributed by atoms with Crippen LogP contribution in [0.5, 0.6) is 5.75 Å². The van der Waals surface area contributed by atoms with E-state index in [0.717, 1.165) is 27.5 Å². The predicted molar refractivity (Wildman–Crippen MR) is 135 cm³/mol. The number of hydrogen-bond acceptors (Lipinski definition) is 5. The first kappa shape index (κ1) is 25.0. The number of nitrogens with one attached hydrogen (secondary N) is 1. The van der Waals surface area contributed by atoms with Gasteiger partial charge in [0, 0.05) is 18.3 Å². The van der Waals surface area contributed by atoms with Crippen molar-refractivity contribution >= 4 is 28.8 Å². The number of benzene rings is 2. The molecule has 6 heteroatoms. The van der Waals surface area contributed by atoms with Crippen molar-refractivity contribution in [1.82, 2.24) is 5.32 Å². The highest BCUT2D eigenvalue weighted by molar-refractivity contribution is 7.12. The van der Waals surface area contributed by atoms with Crippen LogP contribution < -0.4 is 10.1 Å².